The van der Waals surface area contributed by atoms with Crippen molar-refractivity contribution in [3.05, 3.63) is 70.8 Å². The van der Waals surface area contributed by atoms with Crippen molar-refractivity contribution in [2.75, 3.05) is 0 Å². The maximum atomic E-state index is 11.3. The van der Waals surface area contributed by atoms with Crippen LogP contribution in [0.15, 0.2) is 48.5 Å². The van der Waals surface area contributed by atoms with Gasteiger partial charge in [-0.05, 0) is 65.9 Å². The lowest BCUT2D eigenvalue weighted by molar-refractivity contribution is 0.568. The number of hydrogen-bond donors (Lipinski definition) is 1. The number of aryl methyl sites for hydroxylation is 1. The topological polar surface area (TPSA) is 60.2 Å². The highest BCUT2D eigenvalue weighted by Gasteiger charge is 2.48. The molecule has 3 nitrogen and oxygen atoms in total. The minimum Gasteiger partial charge on any atom is -0.228 e. The predicted molar refractivity (Wildman–Crippen MR) is 102 cm³/mol. The van der Waals surface area contributed by atoms with Crippen LogP contribution >= 0.6 is 0 Å². The summed E-state index contributed by atoms with van der Waals surface area (Å²) in [7, 11) is -3.49. The van der Waals surface area contributed by atoms with Crippen LogP contribution in [0, 0.1) is 12.3 Å². The molecule has 0 amide bonds. The molecule has 2 aromatic rings. The number of primary sulfonamides is 1. The fraction of sp³-hybridized carbons (Fsp3) is 0.333. The lowest BCUT2D eigenvalue weighted by atomic mass is 9.96. The molecule has 0 bridgehead atoms. The normalized spacial score (nSPS) is 18.8. The second-order valence-electron chi connectivity index (χ2n) is 7.68. The summed E-state index contributed by atoms with van der Waals surface area (Å²) in [5.74, 6) is -0.110. The number of allylic oxidation sites excluding steroid dienone is 2. The highest BCUT2D eigenvalue weighted by Crippen LogP contribution is 2.63. The third kappa shape index (κ3) is 3.55. The van der Waals surface area contributed by atoms with Gasteiger partial charge in [0.2, 0.25) is 10.0 Å². The fourth-order valence-electron chi connectivity index (χ4n) is 3.90. The van der Waals surface area contributed by atoms with Crippen molar-refractivity contribution < 1.29 is 8.42 Å². The van der Waals surface area contributed by atoms with Crippen LogP contribution in [0.3, 0.4) is 0 Å². The van der Waals surface area contributed by atoms with Crippen molar-refractivity contribution in [1.82, 2.24) is 0 Å². The third-order valence-electron chi connectivity index (χ3n) is 5.50. The molecule has 4 rings (SSSR count). The van der Waals surface area contributed by atoms with Crippen molar-refractivity contribution in [2.45, 2.75) is 38.4 Å². The van der Waals surface area contributed by atoms with Gasteiger partial charge in [0.25, 0.3) is 0 Å². The Hall–Kier alpha value is -1.91. The van der Waals surface area contributed by atoms with Crippen LogP contribution < -0.4 is 5.14 Å². The highest BCUT2D eigenvalue weighted by molar-refractivity contribution is 7.88. The smallest absolute Gasteiger partial charge is 0.213 e. The molecule has 0 heterocycles. The Bertz CT molecular complexity index is 934. The summed E-state index contributed by atoms with van der Waals surface area (Å²) in [5.41, 5.74) is 7.89. The zero-order valence-electron chi connectivity index (χ0n) is 14.5. The molecule has 2 N–H and O–H groups in total. The van der Waals surface area contributed by atoms with E-state index in [4.69, 9.17) is 5.14 Å². The van der Waals surface area contributed by atoms with Crippen LogP contribution in [0.5, 0.6) is 0 Å². The quantitative estimate of drug-likeness (QED) is 0.892. The van der Waals surface area contributed by atoms with Gasteiger partial charge >= 0.3 is 0 Å². The molecule has 1 saturated carbocycles. The summed E-state index contributed by atoms with van der Waals surface area (Å²) >= 11 is 0. The van der Waals surface area contributed by atoms with Gasteiger partial charge in [-0.2, -0.15) is 0 Å². The Morgan fingerprint density at radius 3 is 1.80 bits per heavy atom. The first-order chi connectivity index (χ1) is 11.8. The van der Waals surface area contributed by atoms with Gasteiger partial charge in [0.05, 0.1) is 5.75 Å². The molecular formula is C21H23NO2S. The van der Waals surface area contributed by atoms with Gasteiger partial charge < -0.3 is 0 Å². The minimum absolute atomic E-state index is 0.110. The first-order valence-electron chi connectivity index (χ1n) is 8.73. The van der Waals surface area contributed by atoms with Gasteiger partial charge in [0.15, 0.2) is 0 Å². The molecule has 1 fully saturated rings. The molecule has 2 aromatic carbocycles. The lowest BCUT2D eigenvalue weighted by Gasteiger charge is -2.10. The zero-order chi connectivity index (χ0) is 17.7. The maximum absolute atomic E-state index is 11.3. The zero-order valence-corrected chi connectivity index (χ0v) is 15.3. The number of hydrogen-bond acceptors (Lipinski definition) is 2. The Balaban J connectivity index is 1.70. The van der Waals surface area contributed by atoms with Gasteiger partial charge in [-0.15, -0.1) is 0 Å². The number of rotatable bonds is 4. The van der Waals surface area contributed by atoms with Gasteiger partial charge in [0, 0.05) is 0 Å². The van der Waals surface area contributed by atoms with Gasteiger partial charge in [0.1, 0.15) is 0 Å². The van der Waals surface area contributed by atoms with Crippen molar-refractivity contribution in [1.29, 1.82) is 0 Å². The van der Waals surface area contributed by atoms with Crippen LogP contribution in [0.4, 0.5) is 0 Å². The summed E-state index contributed by atoms with van der Waals surface area (Å²) in [5, 5.41) is 5.14. The molecule has 25 heavy (non-hydrogen) atoms. The van der Waals surface area contributed by atoms with Crippen molar-refractivity contribution in [3.63, 3.8) is 0 Å². The maximum Gasteiger partial charge on any atom is 0.213 e. The number of sulfonamides is 1. The highest BCUT2D eigenvalue weighted by atomic mass is 32.2. The first kappa shape index (κ1) is 16.6. The van der Waals surface area contributed by atoms with E-state index in [2.05, 4.69) is 31.2 Å². The summed E-state index contributed by atoms with van der Waals surface area (Å²) in [6.07, 6.45) is 4.92. The second kappa shape index (κ2) is 5.82. The van der Waals surface area contributed by atoms with E-state index in [0.29, 0.717) is 5.41 Å². The molecule has 0 atom stereocenters. The first-order valence-corrected chi connectivity index (χ1v) is 10.4. The van der Waals surface area contributed by atoms with Crippen LogP contribution in [0.25, 0.3) is 11.1 Å². The SMILES string of the molecule is Cc1ccc(C2=C(c3ccc(CS(N)(=O)=O)cc3)CC3(CC3)C2)cc1. The minimum atomic E-state index is -3.49. The van der Waals surface area contributed by atoms with Crippen molar-refractivity contribution in [3.8, 4) is 0 Å². The van der Waals surface area contributed by atoms with E-state index in [-0.39, 0.29) is 5.75 Å². The number of benzene rings is 2. The standard InChI is InChI=1S/C21H23NO2S/c1-15-2-6-17(7-3-15)19-12-21(10-11-21)13-20(19)18-8-4-16(5-9-18)14-25(22,23)24/h2-9H,10-14H2,1H3,(H2,22,23,24). The summed E-state index contributed by atoms with van der Waals surface area (Å²) < 4.78 is 22.5. The van der Waals surface area contributed by atoms with E-state index in [1.165, 1.54) is 40.7 Å². The van der Waals surface area contributed by atoms with Crippen LogP contribution in [-0.4, -0.2) is 8.42 Å². The largest absolute Gasteiger partial charge is 0.228 e. The van der Waals surface area contributed by atoms with E-state index >= 15 is 0 Å². The predicted octanol–water partition coefficient (Wildman–Crippen LogP) is 4.27. The molecule has 130 valence electrons. The molecule has 2 aliphatic carbocycles. The van der Waals surface area contributed by atoms with E-state index < -0.39 is 10.0 Å². The Labute approximate surface area is 149 Å². The Kier molecular flexibility index (Phi) is 3.85. The summed E-state index contributed by atoms with van der Waals surface area (Å²) in [4.78, 5) is 0. The molecular weight excluding hydrogens is 330 g/mol. The number of nitrogens with two attached hydrogens (primary N) is 1. The van der Waals surface area contributed by atoms with E-state index in [1.807, 2.05) is 24.3 Å². The third-order valence-corrected chi connectivity index (χ3v) is 6.23. The van der Waals surface area contributed by atoms with Crippen molar-refractivity contribution >= 4 is 21.2 Å². The second-order valence-corrected chi connectivity index (χ2v) is 9.30. The van der Waals surface area contributed by atoms with Crippen LogP contribution in [0.2, 0.25) is 0 Å². The Morgan fingerprint density at radius 2 is 1.36 bits per heavy atom. The van der Waals surface area contributed by atoms with E-state index in [9.17, 15) is 8.42 Å². The Morgan fingerprint density at radius 1 is 0.880 bits per heavy atom. The van der Waals surface area contributed by atoms with Gasteiger partial charge in [-0.3, -0.25) is 0 Å². The molecule has 4 heteroatoms. The average Bonchev–Trinajstić information content (AvgIpc) is 3.19. The van der Waals surface area contributed by atoms with Crippen LogP contribution in [-0.2, 0) is 15.8 Å². The fourth-order valence-corrected chi connectivity index (χ4v) is 4.56. The van der Waals surface area contributed by atoms with E-state index in [1.54, 1.807) is 0 Å². The lowest BCUT2D eigenvalue weighted by Crippen LogP contribution is -2.14. The summed E-state index contributed by atoms with van der Waals surface area (Å²) in [6, 6.07) is 16.7. The van der Waals surface area contributed by atoms with Crippen LogP contribution in [0.1, 0.15) is 47.9 Å². The van der Waals surface area contributed by atoms with Gasteiger partial charge in [-0.25, -0.2) is 13.6 Å². The molecule has 0 unspecified atom stereocenters. The van der Waals surface area contributed by atoms with Crippen molar-refractivity contribution in [2.24, 2.45) is 10.6 Å². The molecule has 1 spiro atoms. The monoisotopic (exact) mass is 353 g/mol. The summed E-state index contributed by atoms with van der Waals surface area (Å²) in [6.45, 7) is 2.11. The average molecular weight is 353 g/mol. The molecule has 0 aliphatic heterocycles. The molecule has 0 saturated heterocycles. The van der Waals surface area contributed by atoms with Gasteiger partial charge in [-0.1, -0.05) is 54.1 Å². The van der Waals surface area contributed by atoms with E-state index in [0.717, 1.165) is 18.4 Å². The molecule has 0 radical (unpaired) electrons. The molecule has 2 aliphatic rings. The molecule has 0 aromatic heterocycles.